The zero-order chi connectivity index (χ0) is 21.1. The summed E-state index contributed by atoms with van der Waals surface area (Å²) in [5.74, 6) is 0. The summed E-state index contributed by atoms with van der Waals surface area (Å²) < 4.78 is 8.45. The van der Waals surface area contributed by atoms with Crippen molar-refractivity contribution in [3.8, 4) is 0 Å². The Morgan fingerprint density at radius 2 is 0.655 bits per heavy atom. The summed E-state index contributed by atoms with van der Waals surface area (Å²) in [6, 6.07) is 8.41. The van der Waals surface area contributed by atoms with Crippen LogP contribution < -0.4 is 0 Å². The monoisotopic (exact) mass is 408 g/mol. The average molecular weight is 409 g/mol. The highest BCUT2D eigenvalue weighted by atomic mass is 28.4. The van der Waals surface area contributed by atoms with Gasteiger partial charge in [-0.2, -0.15) is 20.4 Å². The van der Waals surface area contributed by atoms with Crippen LogP contribution in [0, 0.1) is 55.4 Å². The molecule has 0 bridgehead atoms. The molecule has 0 N–H and O–H groups in total. The average Bonchev–Trinajstić information content (AvgIpc) is 3.33. The van der Waals surface area contributed by atoms with E-state index in [1.54, 1.807) is 0 Å². The van der Waals surface area contributed by atoms with Crippen LogP contribution in [0.25, 0.3) is 0 Å². The predicted octanol–water partition coefficient (Wildman–Crippen LogP) is 2.87. The van der Waals surface area contributed by atoms with E-state index in [9.17, 15) is 0 Å². The molecule has 0 spiro atoms. The first-order valence-electron chi connectivity index (χ1n) is 9.79. The number of aryl methyl sites for hydroxylation is 8. The largest absolute Gasteiger partial charge is 0.586 e. The maximum absolute atomic E-state index is 4.96. The fraction of sp³-hybridized carbons (Fsp3) is 0.400. The molecule has 0 amide bonds. The molecule has 0 aromatic carbocycles. The lowest BCUT2D eigenvalue weighted by molar-refractivity contribution is 0.621. The molecule has 8 nitrogen and oxygen atoms in total. The van der Waals surface area contributed by atoms with E-state index in [4.69, 9.17) is 20.4 Å². The Labute approximate surface area is 172 Å². The van der Waals surface area contributed by atoms with Gasteiger partial charge in [-0.1, -0.05) is 0 Å². The van der Waals surface area contributed by atoms with Crippen LogP contribution in [0.4, 0.5) is 0 Å². The Bertz CT molecular complexity index is 1020. The number of aromatic nitrogens is 8. The number of hydrogen-bond donors (Lipinski definition) is 0. The lowest BCUT2D eigenvalue weighted by Gasteiger charge is -2.34. The molecule has 4 rings (SSSR count). The van der Waals surface area contributed by atoms with E-state index in [1.807, 2.05) is 27.7 Å². The summed E-state index contributed by atoms with van der Waals surface area (Å²) in [4.78, 5) is 0. The molecular formula is C20H28N8Si. The van der Waals surface area contributed by atoms with Gasteiger partial charge < -0.3 is 0 Å². The van der Waals surface area contributed by atoms with Crippen LogP contribution in [0.15, 0.2) is 24.3 Å². The standard InChI is InChI=1S/C20H28N8Si/c1-13-9-17(5)25(21-13)29(26-18(6)10-14(2)22-26,27-19(7)11-15(3)23-27)28-20(8)12-16(4)24-28/h9-12H,1-8H3. The minimum Gasteiger partial charge on any atom is -0.236 e. The minimum absolute atomic E-state index is 0.962. The highest BCUT2D eigenvalue weighted by molar-refractivity contribution is 6.73. The molecule has 0 aliphatic heterocycles. The van der Waals surface area contributed by atoms with Crippen LogP contribution in [-0.2, 0) is 0 Å². The maximum atomic E-state index is 4.96. The second-order valence-corrected chi connectivity index (χ2v) is 10.9. The number of hydrogen-bond acceptors (Lipinski definition) is 4. The van der Waals surface area contributed by atoms with Gasteiger partial charge in [-0.15, -0.1) is 0 Å². The lowest BCUT2D eigenvalue weighted by Crippen LogP contribution is -2.67. The summed E-state index contributed by atoms with van der Waals surface area (Å²) in [5, 5.41) is 19.8. The Kier molecular flexibility index (Phi) is 4.38. The van der Waals surface area contributed by atoms with Gasteiger partial charge >= 0.3 is 8.72 Å². The summed E-state index contributed by atoms with van der Waals surface area (Å²) in [6.45, 7) is 16.4. The molecule has 0 fully saturated rings. The van der Waals surface area contributed by atoms with Crippen molar-refractivity contribution in [3.05, 3.63) is 69.8 Å². The molecule has 4 heterocycles. The Morgan fingerprint density at radius 3 is 0.793 bits per heavy atom. The third-order valence-electron chi connectivity index (χ3n) is 5.18. The topological polar surface area (TPSA) is 71.3 Å². The van der Waals surface area contributed by atoms with Crippen LogP contribution in [0.3, 0.4) is 0 Å². The minimum atomic E-state index is -3.17. The van der Waals surface area contributed by atoms with Gasteiger partial charge in [0.1, 0.15) is 0 Å². The zero-order valence-corrected chi connectivity index (χ0v) is 19.4. The van der Waals surface area contributed by atoms with E-state index in [0.29, 0.717) is 0 Å². The van der Waals surface area contributed by atoms with Gasteiger partial charge in [0.2, 0.25) is 0 Å². The summed E-state index contributed by atoms with van der Waals surface area (Å²) in [7, 11) is -3.17. The molecule has 0 radical (unpaired) electrons. The van der Waals surface area contributed by atoms with Crippen molar-refractivity contribution in [3.63, 3.8) is 0 Å². The molecule has 0 atom stereocenters. The maximum Gasteiger partial charge on any atom is 0.586 e. The molecule has 0 unspecified atom stereocenters. The van der Waals surface area contributed by atoms with Crippen molar-refractivity contribution < 1.29 is 0 Å². The van der Waals surface area contributed by atoms with Gasteiger partial charge in [0.25, 0.3) is 0 Å². The van der Waals surface area contributed by atoms with Crippen LogP contribution in [0.2, 0.25) is 0 Å². The molecule has 0 saturated carbocycles. The molecule has 4 aromatic rings. The highest BCUT2D eigenvalue weighted by Gasteiger charge is 2.54. The highest BCUT2D eigenvalue weighted by Crippen LogP contribution is 2.24. The van der Waals surface area contributed by atoms with Gasteiger partial charge in [-0.25, -0.2) is 17.4 Å². The van der Waals surface area contributed by atoms with Gasteiger partial charge in [0.05, 0.1) is 22.8 Å². The Balaban J connectivity index is 2.26. The molecule has 4 aromatic heterocycles. The van der Waals surface area contributed by atoms with Crippen molar-refractivity contribution in [2.45, 2.75) is 55.4 Å². The fourth-order valence-electron chi connectivity index (χ4n) is 4.27. The van der Waals surface area contributed by atoms with Gasteiger partial charge in [-0.05, 0) is 79.7 Å². The van der Waals surface area contributed by atoms with Gasteiger partial charge in [0, 0.05) is 22.8 Å². The van der Waals surface area contributed by atoms with Crippen LogP contribution >= 0.6 is 0 Å². The van der Waals surface area contributed by atoms with E-state index < -0.39 is 8.72 Å². The Hall–Kier alpha value is -2.94. The van der Waals surface area contributed by atoms with E-state index in [-0.39, 0.29) is 0 Å². The quantitative estimate of drug-likeness (QED) is 0.487. The molecular weight excluding hydrogens is 380 g/mol. The van der Waals surface area contributed by atoms with Gasteiger partial charge in [-0.3, -0.25) is 0 Å². The second kappa shape index (κ2) is 6.55. The third-order valence-corrected chi connectivity index (χ3v) is 9.26. The predicted molar refractivity (Wildman–Crippen MR) is 114 cm³/mol. The molecule has 9 heteroatoms. The van der Waals surface area contributed by atoms with E-state index in [1.165, 1.54) is 0 Å². The smallest absolute Gasteiger partial charge is 0.236 e. The van der Waals surface area contributed by atoms with Crippen molar-refractivity contribution >= 4 is 8.72 Å². The zero-order valence-electron chi connectivity index (χ0n) is 18.4. The lowest BCUT2D eigenvalue weighted by atomic mass is 10.4. The summed E-state index contributed by atoms with van der Waals surface area (Å²) >= 11 is 0. The van der Waals surface area contributed by atoms with Crippen molar-refractivity contribution in [2.24, 2.45) is 0 Å². The van der Waals surface area contributed by atoms with Crippen LogP contribution in [-0.4, -0.2) is 46.5 Å². The van der Waals surface area contributed by atoms with E-state index in [2.05, 4.69) is 69.3 Å². The normalized spacial score (nSPS) is 12.1. The van der Waals surface area contributed by atoms with Crippen molar-refractivity contribution in [2.75, 3.05) is 0 Å². The van der Waals surface area contributed by atoms with Crippen LogP contribution in [0.5, 0.6) is 0 Å². The fourth-order valence-corrected chi connectivity index (χ4v) is 8.66. The second-order valence-electron chi connectivity index (χ2n) is 7.96. The van der Waals surface area contributed by atoms with Crippen LogP contribution in [0.1, 0.15) is 45.6 Å². The first kappa shape index (κ1) is 19.4. The molecule has 0 saturated heterocycles. The SMILES string of the molecule is Cc1cc(C)n([Si](n2nc(C)cc2C)(n2nc(C)cc2C)n2nc(C)cc2C)n1. The summed E-state index contributed by atoms with van der Waals surface area (Å²) in [5.41, 5.74) is 8.08. The summed E-state index contributed by atoms with van der Waals surface area (Å²) in [6.07, 6.45) is 0. The molecule has 0 aliphatic carbocycles. The number of rotatable bonds is 4. The third kappa shape index (κ3) is 2.79. The molecule has 152 valence electrons. The Morgan fingerprint density at radius 1 is 0.448 bits per heavy atom. The molecule has 0 aliphatic rings. The number of nitrogens with zero attached hydrogens (tertiary/aromatic N) is 8. The van der Waals surface area contributed by atoms with Crippen molar-refractivity contribution in [1.82, 2.24) is 37.8 Å². The van der Waals surface area contributed by atoms with Crippen molar-refractivity contribution in [1.29, 1.82) is 0 Å². The first-order chi connectivity index (χ1) is 13.6. The van der Waals surface area contributed by atoms with Gasteiger partial charge in [0.15, 0.2) is 0 Å². The van der Waals surface area contributed by atoms with E-state index >= 15 is 0 Å². The first-order valence-corrected chi connectivity index (χ1v) is 11.6. The molecule has 29 heavy (non-hydrogen) atoms. The van der Waals surface area contributed by atoms with E-state index in [0.717, 1.165) is 45.6 Å².